The highest BCUT2D eigenvalue weighted by molar-refractivity contribution is 5.94. The zero-order chi connectivity index (χ0) is 27.2. The molecule has 0 bridgehead atoms. The third kappa shape index (κ3) is 8.69. The van der Waals surface area contributed by atoms with Crippen LogP contribution < -0.4 is 0 Å². The number of Topliss-reactive ketones (excluding diaryl/α,β-unsaturated/α-hetero) is 3. The van der Waals surface area contributed by atoms with Gasteiger partial charge in [0.05, 0.1) is 0 Å². The Balaban J connectivity index is 0. The monoisotopic (exact) mass is 499 g/mol. The summed E-state index contributed by atoms with van der Waals surface area (Å²) in [4.78, 5) is 37.7. The zero-order valence-electron chi connectivity index (χ0n) is 21.9. The number of carbonyl (C=O) groups excluding carboxylic acids is 3. The third-order valence-electron chi connectivity index (χ3n) is 6.80. The standard InChI is InChI=1S/C32H35O3.C2H2.3H2/c1-4-30(27-13-7-5-8-14-27)32(35)23(2)26-20-18-25(19-21-26)12-11-17-29(34)22-31(24(3)33)28-15-9-6-10-16-28;1-2;;;/h5-10,13-16,18-21,23,30-31H,3-4,11-12,17,22H2,1-2H3;1-2H;3*1H. The summed E-state index contributed by atoms with van der Waals surface area (Å²) in [6.07, 6.45) is 10.9. The molecule has 0 saturated heterocycles. The van der Waals surface area contributed by atoms with Crippen molar-refractivity contribution >= 4 is 17.3 Å². The van der Waals surface area contributed by atoms with Crippen LogP contribution in [0.1, 0.15) is 83.8 Å². The highest BCUT2D eigenvalue weighted by Gasteiger charge is 2.25. The van der Waals surface area contributed by atoms with Gasteiger partial charge in [0.1, 0.15) is 17.3 Å². The molecule has 37 heavy (non-hydrogen) atoms. The van der Waals surface area contributed by atoms with E-state index in [0.29, 0.717) is 6.42 Å². The molecule has 3 unspecified atom stereocenters. The predicted octanol–water partition coefficient (Wildman–Crippen LogP) is 8.01. The van der Waals surface area contributed by atoms with Crippen LogP contribution in [0.4, 0.5) is 0 Å². The molecule has 0 N–H and O–H groups in total. The summed E-state index contributed by atoms with van der Waals surface area (Å²) in [5.41, 5.74) is 4.08. The predicted molar refractivity (Wildman–Crippen MR) is 158 cm³/mol. The minimum absolute atomic E-state index is 0. The van der Waals surface area contributed by atoms with Gasteiger partial charge in [0.25, 0.3) is 0 Å². The van der Waals surface area contributed by atoms with Gasteiger partial charge in [-0.1, -0.05) is 98.8 Å². The van der Waals surface area contributed by atoms with E-state index in [1.807, 2.05) is 79.7 Å². The van der Waals surface area contributed by atoms with Crippen molar-refractivity contribution in [1.29, 1.82) is 0 Å². The average molecular weight is 500 g/mol. The van der Waals surface area contributed by atoms with Crippen LogP contribution in [0.5, 0.6) is 0 Å². The highest BCUT2D eigenvalue weighted by atomic mass is 16.1. The fourth-order valence-electron chi connectivity index (χ4n) is 4.65. The first-order valence-electron chi connectivity index (χ1n) is 12.8. The Morgan fingerprint density at radius 1 is 0.784 bits per heavy atom. The second-order valence-electron chi connectivity index (χ2n) is 9.26. The number of carbonyl (C=O) groups is 3. The Kier molecular flexibility index (Phi) is 12.2. The number of benzene rings is 3. The van der Waals surface area contributed by atoms with Gasteiger partial charge in [0.2, 0.25) is 0 Å². The molecule has 3 atom stereocenters. The van der Waals surface area contributed by atoms with Gasteiger partial charge in [-0.15, -0.1) is 12.8 Å². The molecule has 0 aliphatic carbocycles. The second-order valence-corrected chi connectivity index (χ2v) is 9.26. The quantitative estimate of drug-likeness (QED) is 0.224. The zero-order valence-corrected chi connectivity index (χ0v) is 21.9. The van der Waals surface area contributed by atoms with Crippen molar-refractivity contribution in [3.63, 3.8) is 0 Å². The third-order valence-corrected chi connectivity index (χ3v) is 6.80. The number of terminal acetylenes is 1. The topological polar surface area (TPSA) is 51.2 Å². The molecule has 197 valence electrons. The van der Waals surface area contributed by atoms with Crippen molar-refractivity contribution in [1.82, 2.24) is 0 Å². The molecule has 3 nitrogen and oxygen atoms in total. The minimum Gasteiger partial charge on any atom is -0.300 e. The molecule has 0 heterocycles. The summed E-state index contributed by atoms with van der Waals surface area (Å²) < 4.78 is 0. The van der Waals surface area contributed by atoms with Gasteiger partial charge in [-0.05, 0) is 41.5 Å². The van der Waals surface area contributed by atoms with E-state index in [4.69, 9.17) is 0 Å². The molecule has 0 saturated carbocycles. The van der Waals surface area contributed by atoms with Gasteiger partial charge < -0.3 is 0 Å². The van der Waals surface area contributed by atoms with Crippen LogP contribution in [0.15, 0.2) is 84.9 Å². The van der Waals surface area contributed by atoms with Crippen LogP contribution in [0, 0.1) is 19.8 Å². The van der Waals surface area contributed by atoms with Gasteiger partial charge in [0.15, 0.2) is 0 Å². The molecule has 1 radical (unpaired) electrons. The fourth-order valence-corrected chi connectivity index (χ4v) is 4.65. The molecule has 3 rings (SSSR count). The summed E-state index contributed by atoms with van der Waals surface area (Å²) in [6, 6.07) is 27.5. The highest BCUT2D eigenvalue weighted by Crippen LogP contribution is 2.29. The summed E-state index contributed by atoms with van der Waals surface area (Å²) >= 11 is 0. The van der Waals surface area contributed by atoms with E-state index in [-0.39, 0.29) is 39.9 Å². The van der Waals surface area contributed by atoms with Crippen molar-refractivity contribution in [3.8, 4) is 12.8 Å². The summed E-state index contributed by atoms with van der Waals surface area (Å²) in [7, 11) is 0. The maximum atomic E-state index is 13.2. The Morgan fingerprint density at radius 2 is 1.30 bits per heavy atom. The maximum Gasteiger partial charge on any atom is 0.147 e. The molecular weight excluding hydrogens is 456 g/mol. The largest absolute Gasteiger partial charge is 0.300 e. The van der Waals surface area contributed by atoms with Crippen LogP contribution in [-0.2, 0) is 20.8 Å². The summed E-state index contributed by atoms with van der Waals surface area (Å²) in [6.45, 7) is 7.59. The van der Waals surface area contributed by atoms with Gasteiger partial charge in [-0.2, -0.15) is 0 Å². The average Bonchev–Trinajstić information content (AvgIpc) is 2.94. The molecule has 0 aliphatic rings. The first-order chi connectivity index (χ1) is 17.9. The molecule has 3 aromatic carbocycles. The fraction of sp³-hybridized carbons (Fsp3) is 0.294. The van der Waals surface area contributed by atoms with Crippen LogP contribution in [0.3, 0.4) is 0 Å². The molecule has 0 aliphatic heterocycles. The Bertz CT molecular complexity index is 1160. The normalized spacial score (nSPS) is 12.9. The maximum absolute atomic E-state index is 13.2. The number of ketones is 3. The second kappa shape index (κ2) is 15.4. The lowest BCUT2D eigenvalue weighted by atomic mass is 9.83. The lowest BCUT2D eigenvalue weighted by Crippen LogP contribution is -2.18. The van der Waals surface area contributed by atoms with E-state index in [2.05, 4.69) is 38.8 Å². The van der Waals surface area contributed by atoms with Gasteiger partial charge in [0, 0.05) is 41.8 Å². The minimum atomic E-state index is -0.468. The van der Waals surface area contributed by atoms with Crippen LogP contribution in [0.25, 0.3) is 0 Å². The SMILES string of the molecule is C#C.[CH2]C(=O)C(CC(=O)CCCc1ccc(C(C)C(=O)C(CC)c2ccccc2)cc1)c1ccccc1.[HH].[HH].[HH]. The first kappa shape index (κ1) is 29.5. The smallest absolute Gasteiger partial charge is 0.147 e. The molecule has 0 aromatic heterocycles. The number of hydrogen-bond donors (Lipinski definition) is 0. The summed E-state index contributed by atoms with van der Waals surface area (Å²) in [5.74, 6) is -0.637. The van der Waals surface area contributed by atoms with Crippen LogP contribution in [0.2, 0.25) is 0 Å². The van der Waals surface area contributed by atoms with E-state index >= 15 is 0 Å². The molecule has 3 aromatic rings. The van der Waals surface area contributed by atoms with Crippen molar-refractivity contribution in [2.75, 3.05) is 0 Å². The lowest BCUT2D eigenvalue weighted by molar-refractivity contribution is -0.123. The first-order valence-corrected chi connectivity index (χ1v) is 12.8. The molecule has 0 spiro atoms. The molecule has 3 heteroatoms. The van der Waals surface area contributed by atoms with Crippen molar-refractivity contribution in [2.45, 2.75) is 63.7 Å². The van der Waals surface area contributed by atoms with E-state index in [1.165, 1.54) is 0 Å². The van der Waals surface area contributed by atoms with E-state index < -0.39 is 5.92 Å². The van der Waals surface area contributed by atoms with Crippen LogP contribution in [-0.4, -0.2) is 17.3 Å². The molecule has 0 fully saturated rings. The van der Waals surface area contributed by atoms with Gasteiger partial charge in [-0.25, -0.2) is 0 Å². The Labute approximate surface area is 226 Å². The molecular formula is C34H43O3. The van der Waals surface area contributed by atoms with E-state index in [0.717, 1.165) is 41.5 Å². The van der Waals surface area contributed by atoms with Crippen molar-refractivity contribution in [2.24, 2.45) is 0 Å². The van der Waals surface area contributed by atoms with Crippen LogP contribution >= 0.6 is 0 Å². The van der Waals surface area contributed by atoms with Gasteiger partial charge >= 0.3 is 0 Å². The summed E-state index contributed by atoms with van der Waals surface area (Å²) in [5, 5.41) is 0. The molecule has 0 amide bonds. The van der Waals surface area contributed by atoms with Crippen molar-refractivity contribution < 1.29 is 18.7 Å². The van der Waals surface area contributed by atoms with E-state index in [1.54, 1.807) is 0 Å². The number of rotatable bonds is 13. The Hall–Kier alpha value is -3.77. The number of aryl methyl sites for hydroxylation is 1. The van der Waals surface area contributed by atoms with Gasteiger partial charge in [-0.3, -0.25) is 14.4 Å². The van der Waals surface area contributed by atoms with E-state index in [9.17, 15) is 14.4 Å². The Morgan fingerprint density at radius 3 is 1.78 bits per heavy atom. The lowest BCUT2D eigenvalue weighted by Gasteiger charge is -2.19. The number of hydrogen-bond acceptors (Lipinski definition) is 3. The van der Waals surface area contributed by atoms with Crippen molar-refractivity contribution in [3.05, 3.63) is 114 Å².